The van der Waals surface area contributed by atoms with Gasteiger partial charge in [0.25, 0.3) is 5.91 Å². The number of amides is 3. The van der Waals surface area contributed by atoms with Gasteiger partial charge in [-0.25, -0.2) is 9.59 Å². The summed E-state index contributed by atoms with van der Waals surface area (Å²) in [6.07, 6.45) is -0.822. The predicted octanol–water partition coefficient (Wildman–Crippen LogP) is 0.187. The highest BCUT2D eigenvalue weighted by Crippen LogP contribution is 2.40. The van der Waals surface area contributed by atoms with Gasteiger partial charge in [-0.1, -0.05) is 6.07 Å². The van der Waals surface area contributed by atoms with Crippen molar-refractivity contribution in [2.45, 2.75) is 17.8 Å². The normalized spacial score (nSPS) is 20.6. The maximum Gasteiger partial charge on any atom is 0.404 e. The molecule has 3 heterocycles. The summed E-state index contributed by atoms with van der Waals surface area (Å²) in [6, 6.07) is 2.93. The largest absolute Gasteiger partial charge is 0.445 e. The third-order valence-corrected chi connectivity index (χ3v) is 6.38. The van der Waals surface area contributed by atoms with Gasteiger partial charge in [0.05, 0.1) is 6.42 Å². The van der Waals surface area contributed by atoms with E-state index in [4.69, 9.17) is 19.9 Å². The Labute approximate surface area is 174 Å². The van der Waals surface area contributed by atoms with Gasteiger partial charge in [-0.2, -0.15) is 0 Å². The number of hydrogen-bond acceptors (Lipinski definition) is 9. The van der Waals surface area contributed by atoms with Crippen LogP contribution in [0, 0.1) is 0 Å². The molecule has 0 saturated carbocycles. The lowest BCUT2D eigenvalue weighted by Crippen LogP contribution is -2.70. The van der Waals surface area contributed by atoms with Gasteiger partial charge < -0.3 is 25.3 Å². The van der Waals surface area contributed by atoms with E-state index in [0.717, 1.165) is 4.88 Å². The van der Waals surface area contributed by atoms with Gasteiger partial charge in [0.1, 0.15) is 23.7 Å². The van der Waals surface area contributed by atoms with Gasteiger partial charge in [-0.15, -0.1) is 23.1 Å². The number of nitrogens with one attached hydrogen (secondary N) is 1. The number of rotatable bonds is 8. The Morgan fingerprint density at radius 1 is 1.34 bits per heavy atom. The number of thioether (sulfide) groups is 1. The summed E-state index contributed by atoms with van der Waals surface area (Å²) in [4.78, 5) is 50.5. The molecule has 3 amide bonds. The smallest absolute Gasteiger partial charge is 0.404 e. The first-order chi connectivity index (χ1) is 13.9. The van der Waals surface area contributed by atoms with Crippen LogP contribution >= 0.6 is 23.1 Å². The zero-order valence-corrected chi connectivity index (χ0v) is 17.0. The molecule has 1 aromatic rings. The Hall–Kier alpha value is -2.57. The maximum atomic E-state index is 12.7. The van der Waals surface area contributed by atoms with E-state index >= 15 is 0 Å². The second kappa shape index (κ2) is 9.29. The van der Waals surface area contributed by atoms with Crippen LogP contribution in [0.2, 0.25) is 0 Å². The molecular weight excluding hydrogens is 422 g/mol. The molecule has 0 spiro atoms. The minimum atomic E-state index is -0.997. The van der Waals surface area contributed by atoms with Gasteiger partial charge in [0.15, 0.2) is 6.79 Å². The summed E-state index contributed by atoms with van der Waals surface area (Å²) >= 11 is 2.80. The molecule has 10 nitrogen and oxygen atoms in total. The molecule has 1 saturated heterocycles. The van der Waals surface area contributed by atoms with E-state index in [1.54, 1.807) is 0 Å². The van der Waals surface area contributed by atoms with Crippen molar-refractivity contribution in [3.05, 3.63) is 33.7 Å². The van der Waals surface area contributed by atoms with E-state index in [1.165, 1.54) is 35.1 Å². The molecule has 3 rings (SSSR count). The first kappa shape index (κ1) is 21.1. The molecule has 0 bridgehead atoms. The number of thiophene rings is 1. The van der Waals surface area contributed by atoms with Crippen LogP contribution in [0.3, 0.4) is 0 Å². The van der Waals surface area contributed by atoms with Crippen LogP contribution in [0.1, 0.15) is 4.88 Å². The Morgan fingerprint density at radius 2 is 2.14 bits per heavy atom. The van der Waals surface area contributed by atoms with Gasteiger partial charge in [0.2, 0.25) is 5.91 Å². The summed E-state index contributed by atoms with van der Waals surface area (Å²) < 4.78 is 14.5. The van der Waals surface area contributed by atoms with Crippen LogP contribution in [-0.2, 0) is 35.0 Å². The molecule has 29 heavy (non-hydrogen) atoms. The van der Waals surface area contributed by atoms with Crippen LogP contribution in [0.15, 0.2) is 28.8 Å². The molecular formula is C17H19N3O7S2. The molecule has 3 N–H and O–H groups in total. The number of esters is 1. The number of carbonyl (C=O) groups is 4. The van der Waals surface area contributed by atoms with E-state index in [1.807, 2.05) is 17.5 Å². The van der Waals surface area contributed by atoms with Gasteiger partial charge in [-0.05, 0) is 11.4 Å². The highest BCUT2D eigenvalue weighted by molar-refractivity contribution is 8.00. The predicted molar refractivity (Wildman–Crippen MR) is 104 cm³/mol. The van der Waals surface area contributed by atoms with Crippen LogP contribution in [0.25, 0.3) is 0 Å². The first-order valence-electron chi connectivity index (χ1n) is 8.49. The zero-order chi connectivity index (χ0) is 21.0. The minimum absolute atomic E-state index is 0.0131. The van der Waals surface area contributed by atoms with Crippen molar-refractivity contribution in [2.24, 2.45) is 5.73 Å². The van der Waals surface area contributed by atoms with Crippen molar-refractivity contribution in [1.82, 2.24) is 10.2 Å². The molecule has 0 radical (unpaired) electrons. The maximum absolute atomic E-state index is 12.7. The number of hydrogen-bond donors (Lipinski definition) is 2. The molecule has 12 heteroatoms. The van der Waals surface area contributed by atoms with Crippen molar-refractivity contribution < 1.29 is 33.4 Å². The Balaban J connectivity index is 1.72. The minimum Gasteiger partial charge on any atom is -0.445 e. The molecule has 0 unspecified atom stereocenters. The van der Waals surface area contributed by atoms with Crippen LogP contribution < -0.4 is 11.1 Å². The number of fused-ring (bicyclic) bond motifs is 1. The highest BCUT2D eigenvalue weighted by atomic mass is 32.2. The van der Waals surface area contributed by atoms with Gasteiger partial charge in [-0.3, -0.25) is 14.5 Å². The fourth-order valence-electron chi connectivity index (χ4n) is 2.92. The highest BCUT2D eigenvalue weighted by Gasteiger charge is 2.54. The monoisotopic (exact) mass is 441 g/mol. The number of carbonyl (C=O) groups excluding carboxylic acids is 4. The van der Waals surface area contributed by atoms with E-state index < -0.39 is 29.4 Å². The molecule has 2 aliphatic rings. The molecule has 1 aromatic heterocycles. The van der Waals surface area contributed by atoms with Crippen molar-refractivity contribution in [1.29, 1.82) is 0 Å². The van der Waals surface area contributed by atoms with E-state index in [2.05, 4.69) is 5.32 Å². The van der Waals surface area contributed by atoms with Crippen LogP contribution in [0.4, 0.5) is 4.79 Å². The summed E-state index contributed by atoms with van der Waals surface area (Å²) in [6.45, 7) is -0.543. The van der Waals surface area contributed by atoms with Crippen molar-refractivity contribution in [2.75, 3.05) is 26.3 Å². The SMILES string of the molecule is COCOC(=O)C1=C(COC(N)=O)CS[C@@H]2[C@H](NC(=O)Cc3cccs3)C(=O)N12. The summed E-state index contributed by atoms with van der Waals surface area (Å²) in [5.74, 6) is -1.20. The standard InChI is InChI=1S/C17H19N3O7S2/c1-25-8-27-16(23)13-9(6-26-17(18)24)7-29-15-12(14(22)20(13)15)19-11(21)5-10-3-2-4-28-10/h2-4,12,15H,5-8H2,1H3,(H2,18,24)(H,19,21)/t12-,15-/m1/s1. The van der Waals surface area contributed by atoms with Crippen molar-refractivity contribution in [3.63, 3.8) is 0 Å². The quantitative estimate of drug-likeness (QED) is 0.331. The fraction of sp³-hybridized carbons (Fsp3) is 0.412. The van der Waals surface area contributed by atoms with Crippen molar-refractivity contribution >= 4 is 47.0 Å². The number of ether oxygens (including phenoxy) is 3. The van der Waals surface area contributed by atoms with Crippen LogP contribution in [-0.4, -0.2) is 66.5 Å². The third kappa shape index (κ3) is 4.71. The lowest BCUT2D eigenvalue weighted by molar-refractivity contribution is -0.158. The third-order valence-electron chi connectivity index (χ3n) is 4.17. The van der Waals surface area contributed by atoms with E-state index in [0.29, 0.717) is 11.3 Å². The Kier molecular flexibility index (Phi) is 6.77. The molecule has 1 fully saturated rings. The molecule has 0 aliphatic carbocycles. The molecule has 0 aromatic carbocycles. The number of primary amides is 1. The average molecular weight is 441 g/mol. The number of β-lactam (4-membered cyclic amide) rings is 1. The van der Waals surface area contributed by atoms with Crippen molar-refractivity contribution in [3.8, 4) is 0 Å². The van der Waals surface area contributed by atoms with E-state index in [9.17, 15) is 19.2 Å². The lowest BCUT2D eigenvalue weighted by Gasteiger charge is -2.49. The number of nitrogens with two attached hydrogens (primary N) is 1. The zero-order valence-electron chi connectivity index (χ0n) is 15.4. The molecule has 2 atom stereocenters. The summed E-state index contributed by atoms with van der Waals surface area (Å²) in [5, 5.41) is 4.13. The average Bonchev–Trinajstić information content (AvgIpc) is 3.20. The molecule has 156 valence electrons. The van der Waals surface area contributed by atoms with Gasteiger partial charge in [0, 0.05) is 23.3 Å². The lowest BCUT2D eigenvalue weighted by atomic mass is 10.0. The second-order valence-electron chi connectivity index (χ2n) is 6.11. The number of nitrogens with zero attached hydrogens (tertiary/aromatic N) is 1. The fourth-order valence-corrected chi connectivity index (χ4v) is 4.95. The Morgan fingerprint density at radius 3 is 2.79 bits per heavy atom. The summed E-state index contributed by atoms with van der Waals surface area (Å²) in [5.41, 5.74) is 5.37. The number of methoxy groups -OCH3 is 1. The Bertz CT molecular complexity index is 840. The molecule has 2 aliphatic heterocycles. The van der Waals surface area contributed by atoms with Crippen LogP contribution in [0.5, 0.6) is 0 Å². The summed E-state index contributed by atoms with van der Waals surface area (Å²) in [7, 11) is 1.35. The topological polar surface area (TPSA) is 137 Å². The second-order valence-corrected chi connectivity index (χ2v) is 8.25. The first-order valence-corrected chi connectivity index (χ1v) is 10.4. The van der Waals surface area contributed by atoms with E-state index in [-0.39, 0.29) is 31.4 Å². The van der Waals surface area contributed by atoms with Gasteiger partial charge >= 0.3 is 12.1 Å².